The first-order valence-electron chi connectivity index (χ1n) is 9.63. The molecule has 0 spiro atoms. The van der Waals surface area contributed by atoms with E-state index < -0.39 is 0 Å². The summed E-state index contributed by atoms with van der Waals surface area (Å²) in [7, 11) is 0. The number of ether oxygens (including phenoxy) is 1. The van der Waals surface area contributed by atoms with Crippen LogP contribution in [-0.2, 0) is 20.7 Å². The molecule has 0 aromatic heterocycles. The quantitative estimate of drug-likeness (QED) is 0.857. The molecule has 0 unspecified atom stereocenters. The molecule has 2 aliphatic heterocycles. The molecule has 142 valence electrons. The van der Waals surface area contributed by atoms with E-state index >= 15 is 0 Å². The molecule has 0 radical (unpaired) electrons. The van der Waals surface area contributed by atoms with Gasteiger partial charge in [-0.05, 0) is 31.2 Å². The second-order valence-corrected chi connectivity index (χ2v) is 7.11. The molecule has 3 rings (SSSR count). The first-order chi connectivity index (χ1) is 12.7. The van der Waals surface area contributed by atoms with Gasteiger partial charge < -0.3 is 20.3 Å². The lowest BCUT2D eigenvalue weighted by molar-refractivity contribution is -0.143. The number of aryl methyl sites for hydroxylation is 1. The zero-order valence-electron chi connectivity index (χ0n) is 15.3. The van der Waals surface area contributed by atoms with Crippen molar-refractivity contribution in [1.82, 2.24) is 9.80 Å². The van der Waals surface area contributed by atoms with Gasteiger partial charge in [0.1, 0.15) is 6.10 Å². The minimum absolute atomic E-state index is 0.00647. The van der Waals surface area contributed by atoms with Gasteiger partial charge >= 0.3 is 0 Å². The second kappa shape index (κ2) is 9.14. The lowest BCUT2D eigenvalue weighted by Crippen LogP contribution is -2.42. The highest BCUT2D eigenvalue weighted by Crippen LogP contribution is 2.21. The Morgan fingerprint density at radius 3 is 2.50 bits per heavy atom. The average molecular weight is 359 g/mol. The fraction of sp³-hybridized carbons (Fsp3) is 0.600. The van der Waals surface area contributed by atoms with Crippen LogP contribution < -0.4 is 5.73 Å². The number of benzene rings is 1. The maximum atomic E-state index is 12.7. The summed E-state index contributed by atoms with van der Waals surface area (Å²) >= 11 is 0. The number of nitrogens with two attached hydrogens (primary N) is 1. The fourth-order valence-corrected chi connectivity index (χ4v) is 3.71. The first-order valence-corrected chi connectivity index (χ1v) is 9.63. The van der Waals surface area contributed by atoms with Gasteiger partial charge in [0.15, 0.2) is 0 Å². The van der Waals surface area contributed by atoms with Crippen molar-refractivity contribution in [1.29, 1.82) is 0 Å². The van der Waals surface area contributed by atoms with Crippen molar-refractivity contribution < 1.29 is 14.3 Å². The topological polar surface area (TPSA) is 75.9 Å². The maximum Gasteiger partial charge on any atom is 0.251 e. The Kier molecular flexibility index (Phi) is 6.63. The Labute approximate surface area is 155 Å². The summed E-state index contributed by atoms with van der Waals surface area (Å²) < 4.78 is 5.73. The van der Waals surface area contributed by atoms with Crippen LogP contribution in [0.15, 0.2) is 30.3 Å². The van der Waals surface area contributed by atoms with Gasteiger partial charge in [-0.2, -0.15) is 0 Å². The number of nitrogens with zero attached hydrogens (tertiary/aromatic N) is 2. The maximum absolute atomic E-state index is 12.7. The largest absolute Gasteiger partial charge is 0.364 e. The van der Waals surface area contributed by atoms with Crippen molar-refractivity contribution in [3.05, 3.63) is 35.9 Å². The third-order valence-electron chi connectivity index (χ3n) is 5.28. The van der Waals surface area contributed by atoms with Crippen LogP contribution in [-0.4, -0.2) is 66.5 Å². The number of carbonyl (C=O) groups is 2. The van der Waals surface area contributed by atoms with Crippen LogP contribution in [0.4, 0.5) is 0 Å². The number of rotatable bonds is 5. The van der Waals surface area contributed by atoms with Gasteiger partial charge in [0.05, 0.1) is 6.10 Å². The van der Waals surface area contributed by atoms with E-state index in [9.17, 15) is 9.59 Å². The standard InChI is InChI=1S/C20H29N3O3/c21-15-17-8-9-18(26-17)20(25)23-12-4-11-22(13-14-23)19(24)10-7-16-5-2-1-3-6-16/h1-3,5-6,17-18H,4,7-15,21H2/t17-,18+/m1/s1. The fourth-order valence-electron chi connectivity index (χ4n) is 3.71. The number of carbonyl (C=O) groups excluding carboxylic acids is 2. The van der Waals surface area contributed by atoms with Crippen LogP contribution in [0.25, 0.3) is 0 Å². The van der Waals surface area contributed by atoms with Crippen LogP contribution in [0.2, 0.25) is 0 Å². The Bertz CT molecular complexity index is 608. The normalized spacial score (nSPS) is 23.7. The molecule has 0 aliphatic carbocycles. The molecular formula is C20H29N3O3. The minimum atomic E-state index is -0.358. The number of hydrogen-bond acceptors (Lipinski definition) is 4. The molecule has 6 heteroatoms. The second-order valence-electron chi connectivity index (χ2n) is 7.11. The van der Waals surface area contributed by atoms with Crippen molar-refractivity contribution in [3.8, 4) is 0 Å². The van der Waals surface area contributed by atoms with E-state index in [1.54, 1.807) is 0 Å². The van der Waals surface area contributed by atoms with Gasteiger partial charge in [0.25, 0.3) is 5.91 Å². The molecule has 0 saturated carbocycles. The molecule has 2 heterocycles. The lowest BCUT2D eigenvalue weighted by Gasteiger charge is -2.24. The summed E-state index contributed by atoms with van der Waals surface area (Å²) in [6, 6.07) is 10.1. The molecule has 2 N–H and O–H groups in total. The molecule has 2 aliphatic rings. The van der Waals surface area contributed by atoms with E-state index in [-0.39, 0.29) is 24.0 Å². The smallest absolute Gasteiger partial charge is 0.251 e. The van der Waals surface area contributed by atoms with E-state index in [1.807, 2.05) is 40.1 Å². The van der Waals surface area contributed by atoms with Crippen molar-refractivity contribution in [3.63, 3.8) is 0 Å². The molecule has 6 nitrogen and oxygen atoms in total. The van der Waals surface area contributed by atoms with Gasteiger partial charge in [0.2, 0.25) is 5.91 Å². The molecule has 2 fully saturated rings. The van der Waals surface area contributed by atoms with Crippen LogP contribution in [0.1, 0.15) is 31.2 Å². The van der Waals surface area contributed by atoms with E-state index in [0.717, 1.165) is 25.7 Å². The predicted octanol–water partition coefficient (Wildman–Crippen LogP) is 1.19. The van der Waals surface area contributed by atoms with Gasteiger partial charge in [0, 0.05) is 39.1 Å². The summed E-state index contributed by atoms with van der Waals surface area (Å²) in [5.74, 6) is 0.225. The first kappa shape index (κ1) is 18.9. The molecule has 1 aromatic carbocycles. The van der Waals surface area contributed by atoms with E-state index in [2.05, 4.69) is 0 Å². The monoisotopic (exact) mass is 359 g/mol. The number of hydrogen-bond donors (Lipinski definition) is 1. The van der Waals surface area contributed by atoms with Crippen molar-refractivity contribution in [2.24, 2.45) is 5.73 Å². The van der Waals surface area contributed by atoms with E-state index in [4.69, 9.17) is 10.5 Å². The van der Waals surface area contributed by atoms with Gasteiger partial charge in [-0.25, -0.2) is 0 Å². The molecule has 2 amide bonds. The summed E-state index contributed by atoms with van der Waals surface area (Å²) in [5, 5.41) is 0. The molecule has 2 atom stereocenters. The van der Waals surface area contributed by atoms with E-state index in [0.29, 0.717) is 39.1 Å². The van der Waals surface area contributed by atoms with Crippen LogP contribution in [0.5, 0.6) is 0 Å². The number of amides is 2. The highest BCUT2D eigenvalue weighted by molar-refractivity contribution is 5.81. The van der Waals surface area contributed by atoms with Crippen molar-refractivity contribution in [2.75, 3.05) is 32.7 Å². The zero-order chi connectivity index (χ0) is 18.4. The van der Waals surface area contributed by atoms with Crippen LogP contribution in [0, 0.1) is 0 Å². The molecule has 1 aromatic rings. The Hall–Kier alpha value is -1.92. The SMILES string of the molecule is NC[C@H]1CC[C@@H](C(=O)N2CCCN(C(=O)CCc3ccccc3)CC2)O1. The van der Waals surface area contributed by atoms with Gasteiger partial charge in [-0.15, -0.1) is 0 Å². The molecule has 26 heavy (non-hydrogen) atoms. The summed E-state index contributed by atoms with van der Waals surface area (Å²) in [5.41, 5.74) is 6.81. The third kappa shape index (κ3) is 4.83. The van der Waals surface area contributed by atoms with Crippen molar-refractivity contribution in [2.45, 2.75) is 44.3 Å². The third-order valence-corrected chi connectivity index (χ3v) is 5.28. The highest BCUT2D eigenvalue weighted by Gasteiger charge is 2.33. The zero-order valence-corrected chi connectivity index (χ0v) is 15.3. The molecule has 2 saturated heterocycles. The Balaban J connectivity index is 1.47. The Morgan fingerprint density at radius 2 is 1.77 bits per heavy atom. The van der Waals surface area contributed by atoms with Gasteiger partial charge in [-0.3, -0.25) is 9.59 Å². The van der Waals surface area contributed by atoms with E-state index in [1.165, 1.54) is 5.56 Å². The lowest BCUT2D eigenvalue weighted by atomic mass is 10.1. The Morgan fingerprint density at radius 1 is 1.04 bits per heavy atom. The molecular weight excluding hydrogens is 330 g/mol. The van der Waals surface area contributed by atoms with Gasteiger partial charge in [-0.1, -0.05) is 30.3 Å². The summed E-state index contributed by atoms with van der Waals surface area (Å²) in [6.07, 6.45) is 3.34. The minimum Gasteiger partial charge on any atom is -0.364 e. The van der Waals surface area contributed by atoms with Crippen LogP contribution in [0.3, 0.4) is 0 Å². The predicted molar refractivity (Wildman–Crippen MR) is 99.5 cm³/mol. The average Bonchev–Trinajstić information content (AvgIpc) is 3.03. The van der Waals surface area contributed by atoms with Crippen molar-refractivity contribution >= 4 is 11.8 Å². The highest BCUT2D eigenvalue weighted by atomic mass is 16.5. The summed E-state index contributed by atoms with van der Waals surface area (Å²) in [6.45, 7) is 3.06. The van der Waals surface area contributed by atoms with Crippen LogP contribution >= 0.6 is 0 Å². The molecule has 0 bridgehead atoms. The summed E-state index contributed by atoms with van der Waals surface area (Å²) in [4.78, 5) is 28.9.